The Morgan fingerprint density at radius 2 is 1.75 bits per heavy atom. The summed E-state index contributed by atoms with van der Waals surface area (Å²) in [6.07, 6.45) is 0. The van der Waals surface area contributed by atoms with E-state index >= 15 is 0 Å². The number of halogens is 2. The van der Waals surface area contributed by atoms with E-state index in [4.69, 9.17) is 0 Å². The Labute approximate surface area is 124 Å². The molecule has 2 aromatic rings. The second kappa shape index (κ2) is 5.85. The van der Waals surface area contributed by atoms with Crippen LogP contribution in [0.3, 0.4) is 0 Å². The molecule has 0 N–H and O–H groups in total. The molecule has 2 aromatic carbocycles. The van der Waals surface area contributed by atoms with Crippen molar-refractivity contribution in [3.63, 3.8) is 0 Å². The quantitative estimate of drug-likeness (QED) is 0.790. The first kappa shape index (κ1) is 14.9. The average molecular weight is 357 g/mol. The molecule has 0 aliphatic heterocycles. The highest BCUT2D eigenvalue weighted by atomic mass is 79.9. The summed E-state index contributed by atoms with van der Waals surface area (Å²) in [5.41, 5.74) is 0.0469. The molecule has 0 radical (unpaired) electrons. The fourth-order valence-corrected chi connectivity index (χ4v) is 3.14. The lowest BCUT2D eigenvalue weighted by molar-refractivity contribution is 0.102. The van der Waals surface area contributed by atoms with E-state index in [1.165, 1.54) is 30.3 Å². The number of rotatable bonds is 4. The zero-order valence-electron chi connectivity index (χ0n) is 10.2. The minimum atomic E-state index is -3.73. The normalized spacial score (nSPS) is 11.3. The zero-order valence-corrected chi connectivity index (χ0v) is 12.6. The Kier molecular flexibility index (Phi) is 4.35. The molecule has 0 aromatic heterocycles. The number of hydrogen-bond donors (Lipinski definition) is 0. The van der Waals surface area contributed by atoms with Crippen molar-refractivity contribution >= 4 is 31.6 Å². The molecule has 0 spiro atoms. The predicted molar refractivity (Wildman–Crippen MR) is 76.9 cm³/mol. The molecule has 2 rings (SSSR count). The molecule has 0 amide bonds. The second-order valence-corrected chi connectivity index (χ2v) is 7.05. The van der Waals surface area contributed by atoms with Crippen molar-refractivity contribution < 1.29 is 17.6 Å². The Hall–Kier alpha value is -1.53. The van der Waals surface area contributed by atoms with Crippen LogP contribution in [0.5, 0.6) is 0 Å². The lowest BCUT2D eigenvalue weighted by Crippen LogP contribution is -2.16. The van der Waals surface area contributed by atoms with Gasteiger partial charge in [0.05, 0.1) is 4.90 Å². The summed E-state index contributed by atoms with van der Waals surface area (Å²) in [7, 11) is -3.73. The molecule has 104 valence electrons. The summed E-state index contributed by atoms with van der Waals surface area (Å²) in [6.45, 7) is 0. The van der Waals surface area contributed by atoms with Crippen molar-refractivity contribution in [2.75, 3.05) is 5.75 Å². The van der Waals surface area contributed by atoms with E-state index in [1.807, 2.05) is 0 Å². The van der Waals surface area contributed by atoms with Gasteiger partial charge in [0.15, 0.2) is 15.6 Å². The van der Waals surface area contributed by atoms with Gasteiger partial charge in [-0.3, -0.25) is 4.79 Å². The van der Waals surface area contributed by atoms with Gasteiger partial charge in [0, 0.05) is 10.0 Å². The number of hydrogen-bond acceptors (Lipinski definition) is 3. The van der Waals surface area contributed by atoms with Crippen LogP contribution in [0.15, 0.2) is 57.9 Å². The minimum absolute atomic E-state index is 0.0469. The van der Waals surface area contributed by atoms with Crippen LogP contribution in [0, 0.1) is 5.82 Å². The van der Waals surface area contributed by atoms with Gasteiger partial charge in [0.2, 0.25) is 0 Å². The smallest absolute Gasteiger partial charge is 0.185 e. The van der Waals surface area contributed by atoms with Crippen molar-refractivity contribution in [3.8, 4) is 0 Å². The molecule has 6 heteroatoms. The molecular formula is C14H10BrFO3S. The molecule has 0 saturated carbocycles. The summed E-state index contributed by atoms with van der Waals surface area (Å²) in [5, 5.41) is 0. The molecule has 0 aliphatic carbocycles. The van der Waals surface area contributed by atoms with Crippen molar-refractivity contribution in [2.45, 2.75) is 4.90 Å². The second-order valence-electron chi connectivity index (χ2n) is 4.15. The third kappa shape index (κ3) is 3.52. The fraction of sp³-hybridized carbons (Fsp3) is 0.0714. The summed E-state index contributed by atoms with van der Waals surface area (Å²) in [4.78, 5) is 12.0. The Balaban J connectivity index is 2.24. The molecular weight excluding hydrogens is 347 g/mol. The monoisotopic (exact) mass is 356 g/mol. The highest BCUT2D eigenvalue weighted by Crippen LogP contribution is 2.17. The third-order valence-corrected chi connectivity index (χ3v) is 4.80. The van der Waals surface area contributed by atoms with E-state index in [-0.39, 0.29) is 10.5 Å². The lowest BCUT2D eigenvalue weighted by Gasteiger charge is -2.04. The van der Waals surface area contributed by atoms with Gasteiger partial charge >= 0.3 is 0 Å². The van der Waals surface area contributed by atoms with Gasteiger partial charge in [-0.15, -0.1) is 0 Å². The topological polar surface area (TPSA) is 51.2 Å². The first-order valence-corrected chi connectivity index (χ1v) is 8.10. The number of ketones is 1. The van der Waals surface area contributed by atoms with Gasteiger partial charge in [-0.05, 0) is 36.4 Å². The summed E-state index contributed by atoms with van der Waals surface area (Å²) in [5.74, 6) is -1.89. The van der Waals surface area contributed by atoms with Gasteiger partial charge in [-0.1, -0.05) is 28.1 Å². The molecule has 0 atom stereocenters. The maximum absolute atomic E-state index is 13.0. The fourth-order valence-electron chi connectivity index (χ4n) is 1.64. The van der Waals surface area contributed by atoms with E-state index in [0.717, 1.165) is 10.5 Å². The van der Waals surface area contributed by atoms with E-state index in [1.54, 1.807) is 12.1 Å². The van der Waals surface area contributed by atoms with Gasteiger partial charge in [0.1, 0.15) is 11.6 Å². The Bertz CT molecular complexity index is 739. The average Bonchev–Trinajstić information content (AvgIpc) is 2.38. The largest absolute Gasteiger partial charge is 0.293 e. The van der Waals surface area contributed by atoms with Crippen LogP contribution < -0.4 is 0 Å². The van der Waals surface area contributed by atoms with Crippen LogP contribution in [0.25, 0.3) is 0 Å². The van der Waals surface area contributed by atoms with Crippen LogP contribution in [0.1, 0.15) is 10.4 Å². The van der Waals surface area contributed by atoms with E-state index in [2.05, 4.69) is 15.9 Å². The van der Waals surface area contributed by atoms with Gasteiger partial charge < -0.3 is 0 Å². The van der Waals surface area contributed by atoms with Crippen LogP contribution in [-0.2, 0) is 9.84 Å². The molecule has 0 fully saturated rings. The Morgan fingerprint density at radius 1 is 1.10 bits per heavy atom. The van der Waals surface area contributed by atoms with Crippen LogP contribution in [-0.4, -0.2) is 20.0 Å². The molecule has 3 nitrogen and oxygen atoms in total. The first-order chi connectivity index (χ1) is 9.38. The zero-order chi connectivity index (χ0) is 14.8. The standard InChI is InChI=1S/C14H10BrFO3S/c15-11-4-6-13(7-5-11)20(18,19)9-14(17)10-2-1-3-12(16)8-10/h1-8H,9H2. The SMILES string of the molecule is O=C(CS(=O)(=O)c1ccc(Br)cc1)c1cccc(F)c1. The number of carbonyl (C=O) groups excluding carboxylic acids is 1. The highest BCUT2D eigenvalue weighted by molar-refractivity contribution is 9.10. The van der Waals surface area contributed by atoms with E-state index in [0.29, 0.717) is 0 Å². The summed E-state index contributed by atoms with van der Waals surface area (Å²) >= 11 is 3.20. The molecule has 0 saturated heterocycles. The molecule has 0 heterocycles. The van der Waals surface area contributed by atoms with Crippen molar-refractivity contribution in [1.29, 1.82) is 0 Å². The van der Waals surface area contributed by atoms with Crippen LogP contribution >= 0.6 is 15.9 Å². The third-order valence-electron chi connectivity index (χ3n) is 2.64. The van der Waals surface area contributed by atoms with Crippen LogP contribution in [0.2, 0.25) is 0 Å². The van der Waals surface area contributed by atoms with Crippen LogP contribution in [0.4, 0.5) is 4.39 Å². The number of sulfone groups is 1. The van der Waals surface area contributed by atoms with Gasteiger partial charge in [-0.25, -0.2) is 12.8 Å². The lowest BCUT2D eigenvalue weighted by atomic mass is 10.1. The minimum Gasteiger partial charge on any atom is -0.293 e. The summed E-state index contributed by atoms with van der Waals surface area (Å²) in [6, 6.07) is 11.0. The molecule has 0 unspecified atom stereocenters. The van der Waals surface area contributed by atoms with Gasteiger partial charge in [0.25, 0.3) is 0 Å². The number of carbonyl (C=O) groups is 1. The van der Waals surface area contributed by atoms with Crippen molar-refractivity contribution in [2.24, 2.45) is 0 Å². The first-order valence-electron chi connectivity index (χ1n) is 5.65. The number of benzene rings is 2. The molecule has 0 aliphatic rings. The maximum Gasteiger partial charge on any atom is 0.185 e. The van der Waals surface area contributed by atoms with E-state index in [9.17, 15) is 17.6 Å². The highest BCUT2D eigenvalue weighted by Gasteiger charge is 2.20. The van der Waals surface area contributed by atoms with Crippen molar-refractivity contribution in [3.05, 3.63) is 64.4 Å². The van der Waals surface area contributed by atoms with E-state index < -0.39 is 27.2 Å². The van der Waals surface area contributed by atoms with Crippen molar-refractivity contribution in [1.82, 2.24) is 0 Å². The summed E-state index contributed by atoms with van der Waals surface area (Å²) < 4.78 is 37.9. The molecule has 0 bridgehead atoms. The number of Topliss-reactive ketones (excluding diaryl/α,β-unsaturated/α-hetero) is 1. The Morgan fingerprint density at radius 3 is 2.35 bits per heavy atom. The predicted octanol–water partition coefficient (Wildman–Crippen LogP) is 3.24. The maximum atomic E-state index is 13.0. The van der Waals surface area contributed by atoms with Gasteiger partial charge in [-0.2, -0.15) is 0 Å². The molecule has 20 heavy (non-hydrogen) atoms.